The van der Waals surface area contributed by atoms with E-state index in [1.165, 1.54) is 12.1 Å². The Balaban J connectivity index is 2.53. The van der Waals surface area contributed by atoms with E-state index >= 15 is 0 Å². The van der Waals surface area contributed by atoms with Gasteiger partial charge in [0.15, 0.2) is 0 Å². The molecule has 0 amide bonds. The quantitative estimate of drug-likeness (QED) is 0.800. The van der Waals surface area contributed by atoms with Gasteiger partial charge in [-0.05, 0) is 35.7 Å². The third-order valence-corrected chi connectivity index (χ3v) is 3.15. The average molecular weight is 257 g/mol. The summed E-state index contributed by atoms with van der Waals surface area (Å²) in [6.45, 7) is 1.93. The zero-order valence-corrected chi connectivity index (χ0v) is 10.5. The van der Waals surface area contributed by atoms with Gasteiger partial charge in [0.2, 0.25) is 0 Å². The number of hydrogen-bond donors (Lipinski definition) is 0. The predicted octanol–water partition coefficient (Wildman–Crippen LogP) is 4.38. The lowest BCUT2D eigenvalue weighted by Crippen LogP contribution is -2.03. The molecule has 96 valence electrons. The van der Waals surface area contributed by atoms with Crippen LogP contribution in [0.1, 0.15) is 36.0 Å². The fourth-order valence-corrected chi connectivity index (χ4v) is 2.31. The van der Waals surface area contributed by atoms with Crippen molar-refractivity contribution in [2.75, 3.05) is 0 Å². The molecule has 0 heterocycles. The molecule has 0 radical (unpaired) electrons. The zero-order valence-electron chi connectivity index (χ0n) is 10.5. The van der Waals surface area contributed by atoms with Crippen molar-refractivity contribution in [1.29, 1.82) is 5.26 Å². The minimum Gasteiger partial charge on any atom is -0.207 e. The highest BCUT2D eigenvalue weighted by Crippen LogP contribution is 2.30. The van der Waals surface area contributed by atoms with E-state index in [9.17, 15) is 8.78 Å². The molecule has 1 atom stereocenters. The van der Waals surface area contributed by atoms with Gasteiger partial charge in [-0.15, -0.1) is 0 Å². The lowest BCUT2D eigenvalue weighted by Gasteiger charge is -2.17. The van der Waals surface area contributed by atoms with Gasteiger partial charge in [0.05, 0.1) is 11.6 Å². The van der Waals surface area contributed by atoms with E-state index in [0.29, 0.717) is 17.5 Å². The Kier molecular flexibility index (Phi) is 3.91. The fraction of sp³-hybridized carbons (Fsp3) is 0.188. The molecule has 0 aromatic heterocycles. The van der Waals surface area contributed by atoms with Crippen molar-refractivity contribution < 1.29 is 8.78 Å². The van der Waals surface area contributed by atoms with Crippen LogP contribution in [0.2, 0.25) is 0 Å². The maximum atomic E-state index is 13.3. The normalized spacial score (nSPS) is 11.9. The van der Waals surface area contributed by atoms with Crippen LogP contribution >= 0.6 is 0 Å². The minimum atomic E-state index is -0.595. The maximum absolute atomic E-state index is 13.3. The Morgan fingerprint density at radius 3 is 2.32 bits per heavy atom. The van der Waals surface area contributed by atoms with Crippen molar-refractivity contribution in [1.82, 2.24) is 0 Å². The molecule has 0 spiro atoms. The number of nitriles is 1. The van der Waals surface area contributed by atoms with E-state index in [-0.39, 0.29) is 5.92 Å². The first-order valence-corrected chi connectivity index (χ1v) is 6.10. The topological polar surface area (TPSA) is 23.8 Å². The van der Waals surface area contributed by atoms with E-state index < -0.39 is 11.6 Å². The summed E-state index contributed by atoms with van der Waals surface area (Å²) >= 11 is 0. The van der Waals surface area contributed by atoms with Crippen LogP contribution in [0.15, 0.2) is 42.5 Å². The van der Waals surface area contributed by atoms with Crippen LogP contribution < -0.4 is 0 Å². The molecule has 3 heteroatoms. The molecule has 1 unspecified atom stereocenters. The van der Waals surface area contributed by atoms with Crippen LogP contribution in [0.4, 0.5) is 8.78 Å². The van der Waals surface area contributed by atoms with Crippen molar-refractivity contribution in [3.8, 4) is 6.07 Å². The first kappa shape index (κ1) is 13.2. The van der Waals surface area contributed by atoms with Crippen LogP contribution in [-0.2, 0) is 0 Å². The molecule has 19 heavy (non-hydrogen) atoms. The highest BCUT2D eigenvalue weighted by Gasteiger charge is 2.17. The van der Waals surface area contributed by atoms with E-state index in [4.69, 9.17) is 5.26 Å². The van der Waals surface area contributed by atoms with Crippen LogP contribution in [0.5, 0.6) is 0 Å². The first-order chi connectivity index (χ1) is 9.15. The van der Waals surface area contributed by atoms with Crippen molar-refractivity contribution in [3.05, 3.63) is 70.8 Å². The minimum absolute atomic E-state index is 0.180. The Bertz CT molecular complexity index is 609. The van der Waals surface area contributed by atoms with Gasteiger partial charge in [-0.25, -0.2) is 8.78 Å². The molecule has 0 aliphatic heterocycles. The SMILES string of the molecule is CCC(c1cc(F)cc(F)c1)c1ccccc1C#N. The number of hydrogen-bond acceptors (Lipinski definition) is 1. The number of benzene rings is 2. The molecule has 2 rings (SSSR count). The molecule has 2 aromatic rings. The summed E-state index contributed by atoms with van der Waals surface area (Å²) < 4.78 is 26.6. The Labute approximate surface area is 111 Å². The summed E-state index contributed by atoms with van der Waals surface area (Å²) in [5.74, 6) is -1.37. The molecular formula is C16H13F2N. The predicted molar refractivity (Wildman–Crippen MR) is 69.6 cm³/mol. The summed E-state index contributed by atoms with van der Waals surface area (Å²) in [7, 11) is 0. The van der Waals surface area contributed by atoms with E-state index in [1.54, 1.807) is 12.1 Å². The largest absolute Gasteiger partial charge is 0.207 e. The molecular weight excluding hydrogens is 244 g/mol. The summed E-state index contributed by atoms with van der Waals surface area (Å²) in [6.07, 6.45) is 0.668. The monoisotopic (exact) mass is 257 g/mol. The zero-order chi connectivity index (χ0) is 13.8. The molecule has 1 nitrogen and oxygen atoms in total. The molecule has 0 saturated carbocycles. The smallest absolute Gasteiger partial charge is 0.126 e. The van der Waals surface area contributed by atoms with Gasteiger partial charge in [-0.1, -0.05) is 25.1 Å². The van der Waals surface area contributed by atoms with E-state index in [1.807, 2.05) is 19.1 Å². The second-order valence-corrected chi connectivity index (χ2v) is 4.36. The van der Waals surface area contributed by atoms with Gasteiger partial charge in [-0.2, -0.15) is 5.26 Å². The standard InChI is InChI=1S/C16H13F2N/c1-2-15(12-7-13(17)9-14(18)8-12)16-6-4-3-5-11(16)10-19/h3-9,15H,2H2,1H3. The Morgan fingerprint density at radius 1 is 1.11 bits per heavy atom. The van der Waals surface area contributed by atoms with Gasteiger partial charge >= 0.3 is 0 Å². The third-order valence-electron chi connectivity index (χ3n) is 3.15. The van der Waals surface area contributed by atoms with Crippen LogP contribution in [0.25, 0.3) is 0 Å². The van der Waals surface area contributed by atoms with Crippen molar-refractivity contribution in [3.63, 3.8) is 0 Å². The Hall–Kier alpha value is -2.21. The second kappa shape index (κ2) is 5.62. The lowest BCUT2D eigenvalue weighted by molar-refractivity contribution is 0.576. The van der Waals surface area contributed by atoms with Crippen LogP contribution in [0, 0.1) is 23.0 Å². The summed E-state index contributed by atoms with van der Waals surface area (Å²) in [5, 5.41) is 9.12. The molecule has 0 bridgehead atoms. The van der Waals surface area contributed by atoms with Crippen molar-refractivity contribution >= 4 is 0 Å². The van der Waals surface area contributed by atoms with Crippen LogP contribution in [0.3, 0.4) is 0 Å². The maximum Gasteiger partial charge on any atom is 0.126 e. The first-order valence-electron chi connectivity index (χ1n) is 6.10. The van der Waals surface area contributed by atoms with Crippen molar-refractivity contribution in [2.24, 2.45) is 0 Å². The third kappa shape index (κ3) is 2.79. The van der Waals surface area contributed by atoms with Gasteiger partial charge in [-0.3, -0.25) is 0 Å². The molecule has 0 aliphatic rings. The van der Waals surface area contributed by atoms with Crippen LogP contribution in [-0.4, -0.2) is 0 Å². The van der Waals surface area contributed by atoms with Crippen molar-refractivity contribution in [2.45, 2.75) is 19.3 Å². The molecule has 0 fully saturated rings. The highest BCUT2D eigenvalue weighted by atomic mass is 19.1. The Morgan fingerprint density at radius 2 is 1.74 bits per heavy atom. The molecule has 0 saturated heterocycles. The summed E-state index contributed by atoms with van der Waals surface area (Å²) in [6, 6.07) is 12.8. The van der Waals surface area contributed by atoms with Gasteiger partial charge < -0.3 is 0 Å². The fourth-order valence-electron chi connectivity index (χ4n) is 2.31. The van der Waals surface area contributed by atoms with E-state index in [2.05, 4.69) is 6.07 Å². The molecule has 2 aromatic carbocycles. The van der Waals surface area contributed by atoms with E-state index in [0.717, 1.165) is 11.6 Å². The highest BCUT2D eigenvalue weighted by molar-refractivity contribution is 5.44. The number of rotatable bonds is 3. The van der Waals surface area contributed by atoms with Gasteiger partial charge in [0, 0.05) is 12.0 Å². The summed E-state index contributed by atoms with van der Waals surface area (Å²) in [4.78, 5) is 0. The van der Waals surface area contributed by atoms with Gasteiger partial charge in [0.25, 0.3) is 0 Å². The number of nitrogens with zero attached hydrogens (tertiary/aromatic N) is 1. The molecule has 0 aliphatic carbocycles. The second-order valence-electron chi connectivity index (χ2n) is 4.36. The number of halogens is 2. The van der Waals surface area contributed by atoms with Gasteiger partial charge in [0.1, 0.15) is 11.6 Å². The summed E-state index contributed by atoms with van der Waals surface area (Å²) in [5.41, 5.74) is 1.90. The average Bonchev–Trinajstić information content (AvgIpc) is 2.39. The lowest BCUT2D eigenvalue weighted by atomic mass is 9.86. The molecule has 0 N–H and O–H groups in total.